The van der Waals surface area contributed by atoms with Crippen molar-refractivity contribution >= 4 is 17.5 Å². The molecule has 0 aliphatic carbocycles. The van der Waals surface area contributed by atoms with Crippen LogP contribution in [-0.4, -0.2) is 78.0 Å². The number of aromatic nitrogens is 1. The van der Waals surface area contributed by atoms with Gasteiger partial charge in [-0.3, -0.25) is 19.5 Å². The van der Waals surface area contributed by atoms with Gasteiger partial charge in [0.2, 0.25) is 11.8 Å². The number of hydrogen-bond donors (Lipinski definition) is 1. The van der Waals surface area contributed by atoms with E-state index in [4.69, 9.17) is 0 Å². The Morgan fingerprint density at radius 2 is 1.95 bits per heavy atom. The van der Waals surface area contributed by atoms with Crippen LogP contribution in [0, 0.1) is 5.82 Å². The number of amides is 2. The van der Waals surface area contributed by atoms with E-state index in [2.05, 4.69) is 36.0 Å². The van der Waals surface area contributed by atoms with Gasteiger partial charge in [-0.15, -0.1) is 0 Å². The lowest BCUT2D eigenvalue weighted by Crippen LogP contribution is -2.61. The molecule has 0 radical (unpaired) electrons. The van der Waals surface area contributed by atoms with Gasteiger partial charge in [-0.2, -0.15) is 0 Å². The van der Waals surface area contributed by atoms with Crippen LogP contribution in [0.5, 0.6) is 0 Å². The monoisotopic (exact) mass is 519 g/mol. The number of nitrogens with zero attached hydrogens (tertiary/aromatic N) is 4. The molecule has 1 unspecified atom stereocenters. The first-order chi connectivity index (χ1) is 18.0. The second kappa shape index (κ2) is 10.2. The summed E-state index contributed by atoms with van der Waals surface area (Å²) in [4.78, 5) is 37.3. The maximum Gasteiger partial charge on any atom is 0.249 e. The fourth-order valence-corrected chi connectivity index (χ4v) is 5.89. The quantitative estimate of drug-likeness (QED) is 0.635. The van der Waals surface area contributed by atoms with Gasteiger partial charge in [0.25, 0.3) is 0 Å². The molecular formula is C30H38FN5O2. The predicted molar refractivity (Wildman–Crippen MR) is 147 cm³/mol. The molecule has 8 heteroatoms. The third kappa shape index (κ3) is 5.24. The summed E-state index contributed by atoms with van der Waals surface area (Å²) >= 11 is 0. The van der Waals surface area contributed by atoms with Crippen LogP contribution >= 0.6 is 0 Å². The molecule has 1 aromatic heterocycles. The number of hydrogen-bond acceptors (Lipinski definition) is 5. The molecule has 2 amide bonds. The zero-order chi connectivity index (χ0) is 27.2. The van der Waals surface area contributed by atoms with Crippen LogP contribution in [0.3, 0.4) is 0 Å². The van der Waals surface area contributed by atoms with Crippen LogP contribution in [-0.2, 0) is 21.4 Å². The average molecular weight is 520 g/mol. The van der Waals surface area contributed by atoms with E-state index in [-0.39, 0.29) is 35.1 Å². The molecule has 5 rings (SSSR count). The molecule has 1 fully saturated rings. The highest BCUT2D eigenvalue weighted by atomic mass is 19.1. The first-order valence-corrected chi connectivity index (χ1v) is 13.5. The fraction of sp³-hybridized carbons (Fsp3) is 0.500. The van der Waals surface area contributed by atoms with Crippen molar-refractivity contribution in [1.29, 1.82) is 0 Å². The van der Waals surface area contributed by atoms with Crippen molar-refractivity contribution in [3.8, 4) is 0 Å². The van der Waals surface area contributed by atoms with Gasteiger partial charge in [-0.1, -0.05) is 26.0 Å². The van der Waals surface area contributed by atoms with Gasteiger partial charge in [0.15, 0.2) is 0 Å². The van der Waals surface area contributed by atoms with Gasteiger partial charge in [0.05, 0.1) is 12.2 Å². The zero-order valence-electron chi connectivity index (χ0n) is 23.1. The summed E-state index contributed by atoms with van der Waals surface area (Å²) in [6.45, 7) is 14.0. The van der Waals surface area contributed by atoms with Crippen molar-refractivity contribution in [3.05, 3.63) is 70.3 Å². The summed E-state index contributed by atoms with van der Waals surface area (Å²) in [5.41, 5.74) is 5.57. The Hall–Kier alpha value is -3.10. The number of anilines is 1. The normalized spacial score (nSPS) is 23.4. The van der Waals surface area contributed by atoms with E-state index in [0.717, 1.165) is 46.7 Å². The van der Waals surface area contributed by atoms with Crippen molar-refractivity contribution in [2.45, 2.75) is 58.5 Å². The number of rotatable bonds is 6. The van der Waals surface area contributed by atoms with Crippen LogP contribution in [0.15, 0.2) is 47.7 Å². The number of benzene rings is 1. The molecular weight excluding hydrogens is 481 g/mol. The largest absolute Gasteiger partial charge is 0.333 e. The molecule has 3 aliphatic heterocycles. The molecule has 2 atom stereocenters. The van der Waals surface area contributed by atoms with Gasteiger partial charge < -0.3 is 15.1 Å². The highest BCUT2D eigenvalue weighted by Gasteiger charge is 2.40. The second-order valence-corrected chi connectivity index (χ2v) is 11.8. The molecule has 38 heavy (non-hydrogen) atoms. The molecule has 0 bridgehead atoms. The molecule has 3 aliphatic rings. The maximum atomic E-state index is 13.8. The first-order valence-electron chi connectivity index (χ1n) is 13.5. The molecule has 0 saturated carbocycles. The second-order valence-electron chi connectivity index (χ2n) is 11.8. The van der Waals surface area contributed by atoms with Crippen molar-refractivity contribution < 1.29 is 14.0 Å². The smallest absolute Gasteiger partial charge is 0.249 e. The molecule has 1 aromatic carbocycles. The number of carbonyl (C=O) groups is 2. The number of carbonyl (C=O) groups excluding carboxylic acids is 2. The Balaban J connectivity index is 1.33. The first kappa shape index (κ1) is 26.5. The van der Waals surface area contributed by atoms with E-state index in [1.807, 2.05) is 35.9 Å². The predicted octanol–water partition coefficient (Wildman–Crippen LogP) is 3.28. The summed E-state index contributed by atoms with van der Waals surface area (Å²) in [6.07, 6.45) is 2.47. The van der Waals surface area contributed by atoms with Crippen LogP contribution in [0.25, 0.3) is 0 Å². The minimum absolute atomic E-state index is 0.0630. The van der Waals surface area contributed by atoms with E-state index in [9.17, 15) is 14.0 Å². The SMILES string of the molecule is CC1=C(C)C(=O)N(C[C@H]2CNC(C)CN2CC(=O)N2CC(C)(C)c3cnc(Cc4ccc(F)cc4)cc32)C1. The van der Waals surface area contributed by atoms with Crippen LogP contribution in [0.2, 0.25) is 0 Å². The third-order valence-corrected chi connectivity index (χ3v) is 8.28. The number of piperazine rings is 1. The van der Waals surface area contributed by atoms with Gasteiger partial charge in [-0.25, -0.2) is 4.39 Å². The minimum atomic E-state index is -0.259. The lowest BCUT2D eigenvalue weighted by molar-refractivity contribution is -0.126. The summed E-state index contributed by atoms with van der Waals surface area (Å²) < 4.78 is 13.4. The summed E-state index contributed by atoms with van der Waals surface area (Å²) in [5.74, 6) is -0.0951. The summed E-state index contributed by atoms with van der Waals surface area (Å²) in [5, 5.41) is 3.53. The maximum absolute atomic E-state index is 13.8. The van der Waals surface area contributed by atoms with E-state index in [1.165, 1.54) is 12.1 Å². The number of halogens is 1. The molecule has 0 spiro atoms. The Morgan fingerprint density at radius 1 is 1.21 bits per heavy atom. The minimum Gasteiger partial charge on any atom is -0.333 e. The highest BCUT2D eigenvalue weighted by molar-refractivity contribution is 5.98. The van der Waals surface area contributed by atoms with E-state index < -0.39 is 0 Å². The van der Waals surface area contributed by atoms with Crippen molar-refractivity contribution in [2.75, 3.05) is 44.2 Å². The molecule has 1 saturated heterocycles. The molecule has 202 valence electrons. The number of nitrogens with one attached hydrogen (secondary N) is 1. The van der Waals surface area contributed by atoms with Crippen molar-refractivity contribution in [1.82, 2.24) is 20.1 Å². The molecule has 1 N–H and O–H groups in total. The molecule has 2 aromatic rings. The van der Waals surface area contributed by atoms with Crippen LogP contribution in [0.4, 0.5) is 10.1 Å². The number of pyridine rings is 1. The van der Waals surface area contributed by atoms with E-state index >= 15 is 0 Å². The van der Waals surface area contributed by atoms with Crippen LogP contribution < -0.4 is 10.2 Å². The zero-order valence-corrected chi connectivity index (χ0v) is 23.1. The Bertz CT molecular complexity index is 1270. The van der Waals surface area contributed by atoms with Crippen LogP contribution in [0.1, 0.15) is 51.4 Å². The topological polar surface area (TPSA) is 68.8 Å². The Morgan fingerprint density at radius 3 is 2.63 bits per heavy atom. The molecule has 4 heterocycles. The lowest BCUT2D eigenvalue weighted by atomic mass is 9.88. The van der Waals surface area contributed by atoms with Gasteiger partial charge >= 0.3 is 0 Å². The van der Waals surface area contributed by atoms with Gasteiger partial charge in [0, 0.05) is 79.7 Å². The fourth-order valence-electron chi connectivity index (χ4n) is 5.89. The standard InChI is InChI=1S/C30H38FN5O2/c1-19-14-35(29(38)21(19)3)16-25-12-32-20(2)15-34(25)17-28(37)36-18-30(4,5)26-13-33-24(11-27(26)36)10-22-6-8-23(31)9-7-22/h6-9,11,13,20,25,32H,10,12,14-18H2,1-5H3/t20?,25-/m1/s1. The van der Waals surface area contributed by atoms with Crippen molar-refractivity contribution in [2.24, 2.45) is 0 Å². The highest BCUT2D eigenvalue weighted by Crippen LogP contribution is 2.40. The average Bonchev–Trinajstić information content (AvgIpc) is 3.28. The van der Waals surface area contributed by atoms with Gasteiger partial charge in [0.1, 0.15) is 5.82 Å². The Labute approximate surface area is 224 Å². The lowest BCUT2D eigenvalue weighted by Gasteiger charge is -2.41. The molecule has 7 nitrogen and oxygen atoms in total. The van der Waals surface area contributed by atoms with E-state index in [0.29, 0.717) is 32.6 Å². The Kier molecular flexibility index (Phi) is 7.13. The van der Waals surface area contributed by atoms with Crippen molar-refractivity contribution in [3.63, 3.8) is 0 Å². The van der Waals surface area contributed by atoms with Gasteiger partial charge in [-0.05, 0) is 50.1 Å². The summed E-state index contributed by atoms with van der Waals surface area (Å²) in [7, 11) is 0. The third-order valence-electron chi connectivity index (χ3n) is 8.28. The summed E-state index contributed by atoms with van der Waals surface area (Å²) in [6, 6.07) is 8.81. The van der Waals surface area contributed by atoms with E-state index in [1.54, 1.807) is 12.1 Å². The number of fused-ring (bicyclic) bond motifs is 1.